The summed E-state index contributed by atoms with van der Waals surface area (Å²) >= 11 is 3.37. The Morgan fingerprint density at radius 1 is 1.41 bits per heavy atom. The first-order valence-electron chi connectivity index (χ1n) is 5.44. The highest BCUT2D eigenvalue weighted by Crippen LogP contribution is 2.40. The van der Waals surface area contributed by atoms with Gasteiger partial charge in [-0.1, -0.05) is 48.5 Å². The average molecular weight is 297 g/mol. The van der Waals surface area contributed by atoms with Crippen molar-refractivity contribution in [2.75, 3.05) is 7.11 Å². The van der Waals surface area contributed by atoms with E-state index in [4.69, 9.17) is 4.74 Å². The largest absolute Gasteiger partial charge is 0.497 e. The maximum absolute atomic E-state index is 11.5. The summed E-state index contributed by atoms with van der Waals surface area (Å²) in [6, 6.07) is 7.51. The standard InChI is InChI=1S/C14H17BrO2/c1-10(2)14(9-16,11(3)15)12-5-7-13(17-4)8-6-12/h5-10H,3H2,1-2,4H3. The van der Waals surface area contributed by atoms with E-state index in [1.165, 1.54) is 0 Å². The van der Waals surface area contributed by atoms with Crippen LogP contribution < -0.4 is 4.74 Å². The maximum atomic E-state index is 11.5. The van der Waals surface area contributed by atoms with Crippen molar-refractivity contribution in [2.24, 2.45) is 5.92 Å². The topological polar surface area (TPSA) is 26.3 Å². The number of methoxy groups -OCH3 is 1. The number of carbonyl (C=O) groups excluding carboxylic acids is 1. The van der Waals surface area contributed by atoms with Crippen LogP contribution in [0.25, 0.3) is 0 Å². The van der Waals surface area contributed by atoms with Gasteiger partial charge in [0.25, 0.3) is 0 Å². The predicted molar refractivity (Wildman–Crippen MR) is 73.6 cm³/mol. The molecular weight excluding hydrogens is 280 g/mol. The third-order valence-corrected chi connectivity index (χ3v) is 3.77. The molecule has 0 saturated heterocycles. The third-order valence-electron chi connectivity index (χ3n) is 3.11. The third kappa shape index (κ3) is 2.44. The van der Waals surface area contributed by atoms with Gasteiger partial charge in [0, 0.05) is 4.48 Å². The predicted octanol–water partition coefficient (Wildman–Crippen LogP) is 3.70. The molecule has 0 amide bonds. The summed E-state index contributed by atoms with van der Waals surface area (Å²) in [5.41, 5.74) is 0.233. The number of allylic oxidation sites excluding steroid dienone is 1. The molecule has 3 heteroatoms. The minimum absolute atomic E-state index is 0.125. The first kappa shape index (κ1) is 14.0. The molecule has 0 saturated carbocycles. The van der Waals surface area contributed by atoms with Gasteiger partial charge in [-0.2, -0.15) is 0 Å². The Hall–Kier alpha value is -1.09. The van der Waals surface area contributed by atoms with E-state index in [1.807, 2.05) is 38.1 Å². The smallest absolute Gasteiger partial charge is 0.135 e. The van der Waals surface area contributed by atoms with E-state index in [9.17, 15) is 4.79 Å². The van der Waals surface area contributed by atoms with Gasteiger partial charge in [0.15, 0.2) is 0 Å². The molecule has 1 atom stereocenters. The number of aldehydes is 1. The summed E-state index contributed by atoms with van der Waals surface area (Å²) in [5, 5.41) is 0. The number of hydrogen-bond donors (Lipinski definition) is 0. The minimum atomic E-state index is -0.688. The van der Waals surface area contributed by atoms with E-state index in [2.05, 4.69) is 22.5 Å². The van der Waals surface area contributed by atoms with Gasteiger partial charge in [0.2, 0.25) is 0 Å². The minimum Gasteiger partial charge on any atom is -0.497 e. The van der Waals surface area contributed by atoms with E-state index < -0.39 is 5.41 Å². The Morgan fingerprint density at radius 3 is 2.24 bits per heavy atom. The van der Waals surface area contributed by atoms with E-state index in [1.54, 1.807) is 7.11 Å². The van der Waals surface area contributed by atoms with Crippen molar-refractivity contribution in [3.63, 3.8) is 0 Å². The lowest BCUT2D eigenvalue weighted by atomic mass is 9.73. The van der Waals surface area contributed by atoms with Crippen LogP contribution in [0.4, 0.5) is 0 Å². The van der Waals surface area contributed by atoms with E-state index >= 15 is 0 Å². The molecule has 0 spiro atoms. The highest BCUT2D eigenvalue weighted by atomic mass is 79.9. The Bertz CT molecular complexity index is 409. The molecule has 0 aliphatic heterocycles. The number of benzene rings is 1. The molecule has 1 aromatic rings. The average Bonchev–Trinajstić information content (AvgIpc) is 2.30. The molecule has 1 unspecified atom stereocenters. The van der Waals surface area contributed by atoms with Crippen molar-refractivity contribution >= 4 is 22.2 Å². The summed E-state index contributed by atoms with van der Waals surface area (Å²) < 4.78 is 5.79. The maximum Gasteiger partial charge on any atom is 0.135 e. The number of halogens is 1. The molecule has 92 valence electrons. The molecule has 17 heavy (non-hydrogen) atoms. The molecule has 1 rings (SSSR count). The number of ether oxygens (including phenoxy) is 1. The molecule has 0 aromatic heterocycles. The van der Waals surface area contributed by atoms with Gasteiger partial charge in [0.1, 0.15) is 12.0 Å². The second-order valence-corrected chi connectivity index (χ2v) is 5.23. The van der Waals surface area contributed by atoms with Crippen molar-refractivity contribution in [3.05, 3.63) is 40.9 Å². The SMILES string of the molecule is C=C(Br)C(C=O)(c1ccc(OC)cc1)C(C)C. The fourth-order valence-electron chi connectivity index (χ4n) is 1.94. The van der Waals surface area contributed by atoms with Crippen LogP contribution in [-0.2, 0) is 10.2 Å². The fourth-order valence-corrected chi connectivity index (χ4v) is 2.72. The van der Waals surface area contributed by atoms with Gasteiger partial charge in [-0.25, -0.2) is 0 Å². The lowest BCUT2D eigenvalue weighted by molar-refractivity contribution is -0.112. The molecule has 0 bridgehead atoms. The molecule has 1 aromatic carbocycles. The van der Waals surface area contributed by atoms with Crippen LogP contribution in [0.5, 0.6) is 5.75 Å². The van der Waals surface area contributed by atoms with Crippen LogP contribution in [-0.4, -0.2) is 13.4 Å². The van der Waals surface area contributed by atoms with Crippen molar-refractivity contribution < 1.29 is 9.53 Å². The first-order chi connectivity index (χ1) is 7.98. The van der Waals surface area contributed by atoms with E-state index in [-0.39, 0.29) is 5.92 Å². The molecule has 0 aliphatic carbocycles. The lowest BCUT2D eigenvalue weighted by Crippen LogP contribution is -2.34. The van der Waals surface area contributed by atoms with Gasteiger partial charge in [-0.15, -0.1) is 0 Å². The first-order valence-corrected chi connectivity index (χ1v) is 6.24. The van der Waals surface area contributed by atoms with Crippen LogP contribution in [0.1, 0.15) is 19.4 Å². The summed E-state index contributed by atoms with van der Waals surface area (Å²) in [4.78, 5) is 11.5. The highest BCUT2D eigenvalue weighted by molar-refractivity contribution is 9.11. The Balaban J connectivity index is 3.31. The zero-order valence-electron chi connectivity index (χ0n) is 10.4. The molecule has 0 radical (unpaired) electrons. The summed E-state index contributed by atoms with van der Waals surface area (Å²) in [7, 11) is 1.62. The molecule has 0 fully saturated rings. The molecular formula is C14H17BrO2. The summed E-state index contributed by atoms with van der Waals surface area (Å²) in [5.74, 6) is 0.901. The van der Waals surface area contributed by atoms with Gasteiger partial charge >= 0.3 is 0 Å². The van der Waals surface area contributed by atoms with Crippen LogP contribution in [0.2, 0.25) is 0 Å². The molecule has 0 N–H and O–H groups in total. The molecule has 0 aliphatic rings. The Morgan fingerprint density at radius 2 is 1.94 bits per heavy atom. The molecule has 2 nitrogen and oxygen atoms in total. The van der Waals surface area contributed by atoms with Gasteiger partial charge in [0.05, 0.1) is 12.5 Å². The Kier molecular flexibility index (Phi) is 4.52. The lowest BCUT2D eigenvalue weighted by Gasteiger charge is -2.32. The van der Waals surface area contributed by atoms with E-state index in [0.29, 0.717) is 4.48 Å². The second-order valence-electron chi connectivity index (χ2n) is 4.27. The van der Waals surface area contributed by atoms with Crippen molar-refractivity contribution in [1.82, 2.24) is 0 Å². The zero-order chi connectivity index (χ0) is 13.1. The van der Waals surface area contributed by atoms with Crippen LogP contribution >= 0.6 is 15.9 Å². The highest BCUT2D eigenvalue weighted by Gasteiger charge is 2.37. The molecule has 0 heterocycles. The normalized spacial score (nSPS) is 14.2. The van der Waals surface area contributed by atoms with Crippen LogP contribution in [0, 0.1) is 5.92 Å². The van der Waals surface area contributed by atoms with Crippen LogP contribution in [0.3, 0.4) is 0 Å². The number of hydrogen-bond acceptors (Lipinski definition) is 2. The van der Waals surface area contributed by atoms with Gasteiger partial charge in [-0.05, 0) is 23.6 Å². The Labute approximate surface area is 111 Å². The van der Waals surface area contributed by atoms with Crippen molar-refractivity contribution in [3.8, 4) is 5.75 Å². The van der Waals surface area contributed by atoms with Gasteiger partial charge in [-0.3, -0.25) is 0 Å². The number of rotatable bonds is 5. The van der Waals surface area contributed by atoms with E-state index in [0.717, 1.165) is 17.6 Å². The fraction of sp³-hybridized carbons (Fsp3) is 0.357. The number of carbonyl (C=O) groups is 1. The zero-order valence-corrected chi connectivity index (χ0v) is 12.0. The monoisotopic (exact) mass is 296 g/mol. The van der Waals surface area contributed by atoms with Crippen molar-refractivity contribution in [2.45, 2.75) is 19.3 Å². The van der Waals surface area contributed by atoms with Gasteiger partial charge < -0.3 is 9.53 Å². The van der Waals surface area contributed by atoms with Crippen molar-refractivity contribution in [1.29, 1.82) is 0 Å². The van der Waals surface area contributed by atoms with Crippen LogP contribution in [0.15, 0.2) is 35.3 Å². The summed E-state index contributed by atoms with van der Waals surface area (Å²) in [6.07, 6.45) is 0.955. The quantitative estimate of drug-likeness (QED) is 0.775. The summed E-state index contributed by atoms with van der Waals surface area (Å²) in [6.45, 7) is 7.90. The second kappa shape index (κ2) is 5.50.